The summed E-state index contributed by atoms with van der Waals surface area (Å²) in [4.78, 5) is 0. The van der Waals surface area contributed by atoms with E-state index in [0.29, 0.717) is 18.2 Å². The van der Waals surface area contributed by atoms with Crippen LogP contribution in [0.25, 0.3) is 22.2 Å². The van der Waals surface area contributed by atoms with E-state index in [0.717, 1.165) is 5.56 Å². The molecule has 1 aromatic heterocycles. The second kappa shape index (κ2) is 5.69. The van der Waals surface area contributed by atoms with E-state index in [-0.39, 0.29) is 0 Å². The highest BCUT2D eigenvalue weighted by Gasteiger charge is 2.10. The average Bonchev–Trinajstić information content (AvgIpc) is 3.04. The molecule has 0 aliphatic carbocycles. The molecule has 3 heteroatoms. The van der Waals surface area contributed by atoms with E-state index in [1.165, 1.54) is 21.9 Å². The summed E-state index contributed by atoms with van der Waals surface area (Å²) in [7, 11) is 0. The molecule has 0 radical (unpaired) electrons. The fourth-order valence-electron chi connectivity index (χ4n) is 2.83. The predicted molar refractivity (Wildman–Crippen MR) is 91.2 cm³/mol. The van der Waals surface area contributed by atoms with Crippen molar-refractivity contribution in [1.82, 2.24) is 10.2 Å². The minimum Gasteiger partial charge on any atom is -0.420 e. The van der Waals surface area contributed by atoms with Gasteiger partial charge in [-0.2, -0.15) is 0 Å². The van der Waals surface area contributed by atoms with Crippen molar-refractivity contribution < 1.29 is 4.42 Å². The summed E-state index contributed by atoms with van der Waals surface area (Å²) in [6, 6.07) is 22.7. The summed E-state index contributed by atoms with van der Waals surface area (Å²) in [5.41, 5.74) is 3.33. The van der Waals surface area contributed by atoms with Crippen molar-refractivity contribution in [2.75, 3.05) is 0 Å². The zero-order valence-electron chi connectivity index (χ0n) is 12.9. The van der Waals surface area contributed by atoms with Crippen molar-refractivity contribution in [3.63, 3.8) is 0 Å². The summed E-state index contributed by atoms with van der Waals surface area (Å²) in [5, 5.41) is 10.8. The summed E-state index contributed by atoms with van der Waals surface area (Å²) >= 11 is 0. The molecular formula is C20H16N2O. The van der Waals surface area contributed by atoms with Gasteiger partial charge in [0.15, 0.2) is 0 Å². The number of aromatic nitrogens is 2. The van der Waals surface area contributed by atoms with Crippen LogP contribution in [0.1, 0.15) is 17.0 Å². The first kappa shape index (κ1) is 13.7. The van der Waals surface area contributed by atoms with E-state index in [9.17, 15) is 0 Å². The highest BCUT2D eigenvalue weighted by Crippen LogP contribution is 2.23. The predicted octanol–water partition coefficient (Wildman–Crippen LogP) is 4.79. The van der Waals surface area contributed by atoms with Crippen molar-refractivity contribution >= 4 is 10.8 Å². The molecule has 112 valence electrons. The van der Waals surface area contributed by atoms with Crippen LogP contribution in [0.15, 0.2) is 71.1 Å². The second-order valence-electron chi connectivity index (χ2n) is 5.69. The molecular weight excluding hydrogens is 284 g/mol. The first-order valence-corrected chi connectivity index (χ1v) is 7.66. The Morgan fingerprint density at radius 1 is 0.870 bits per heavy atom. The zero-order valence-corrected chi connectivity index (χ0v) is 12.9. The van der Waals surface area contributed by atoms with Gasteiger partial charge in [-0.05, 0) is 35.4 Å². The molecule has 0 bridgehead atoms. The Hall–Kier alpha value is -2.94. The molecule has 0 fully saturated rings. The largest absolute Gasteiger partial charge is 0.420 e. The standard InChI is InChI=1S/C20H16N2O/c1-14-6-4-10-17(12-14)20-22-21-19(23-20)13-16-9-5-8-15-7-2-3-11-18(15)16/h2-12H,13H2,1H3. The van der Waals surface area contributed by atoms with E-state index in [4.69, 9.17) is 4.42 Å². The zero-order chi connectivity index (χ0) is 15.6. The Labute approximate surface area is 134 Å². The monoisotopic (exact) mass is 300 g/mol. The van der Waals surface area contributed by atoms with Crippen molar-refractivity contribution in [2.24, 2.45) is 0 Å². The van der Waals surface area contributed by atoms with Crippen molar-refractivity contribution in [2.45, 2.75) is 13.3 Å². The highest BCUT2D eigenvalue weighted by atomic mass is 16.4. The smallest absolute Gasteiger partial charge is 0.247 e. The molecule has 4 aromatic rings. The number of fused-ring (bicyclic) bond motifs is 1. The number of nitrogens with zero attached hydrogens (tertiary/aromatic N) is 2. The molecule has 0 atom stereocenters. The van der Waals surface area contributed by atoms with Crippen LogP contribution in [0, 0.1) is 6.92 Å². The maximum Gasteiger partial charge on any atom is 0.247 e. The van der Waals surface area contributed by atoms with Gasteiger partial charge in [-0.1, -0.05) is 60.2 Å². The Kier molecular flexibility index (Phi) is 3.39. The second-order valence-corrected chi connectivity index (χ2v) is 5.69. The number of aryl methyl sites for hydroxylation is 1. The van der Waals surface area contributed by atoms with Gasteiger partial charge in [-0.3, -0.25) is 0 Å². The lowest BCUT2D eigenvalue weighted by Crippen LogP contribution is -1.90. The minimum absolute atomic E-state index is 0.573. The molecule has 23 heavy (non-hydrogen) atoms. The fourth-order valence-corrected chi connectivity index (χ4v) is 2.83. The fraction of sp³-hybridized carbons (Fsp3) is 0.100. The molecule has 0 saturated carbocycles. The van der Waals surface area contributed by atoms with Gasteiger partial charge in [0.25, 0.3) is 0 Å². The third-order valence-electron chi connectivity index (χ3n) is 3.95. The van der Waals surface area contributed by atoms with Gasteiger partial charge >= 0.3 is 0 Å². The lowest BCUT2D eigenvalue weighted by atomic mass is 10.0. The van der Waals surface area contributed by atoms with Crippen LogP contribution in [-0.2, 0) is 6.42 Å². The summed E-state index contributed by atoms with van der Waals surface area (Å²) in [6.07, 6.45) is 0.639. The highest BCUT2D eigenvalue weighted by molar-refractivity contribution is 5.85. The first-order valence-electron chi connectivity index (χ1n) is 7.66. The molecule has 0 spiro atoms. The summed E-state index contributed by atoms with van der Waals surface area (Å²) in [5.74, 6) is 1.21. The molecule has 0 N–H and O–H groups in total. The lowest BCUT2D eigenvalue weighted by Gasteiger charge is -2.03. The van der Waals surface area contributed by atoms with Crippen molar-refractivity contribution in [3.05, 3.63) is 83.7 Å². The van der Waals surface area contributed by atoms with E-state index in [1.807, 2.05) is 12.1 Å². The van der Waals surface area contributed by atoms with Crippen LogP contribution in [-0.4, -0.2) is 10.2 Å². The normalized spacial score (nSPS) is 11.0. The SMILES string of the molecule is Cc1cccc(-c2nnc(Cc3cccc4ccccc34)o2)c1. The van der Waals surface area contributed by atoms with Crippen LogP contribution >= 0.6 is 0 Å². The van der Waals surface area contributed by atoms with E-state index in [1.54, 1.807) is 0 Å². The van der Waals surface area contributed by atoms with Crippen LogP contribution in [0.4, 0.5) is 0 Å². The molecule has 0 saturated heterocycles. The van der Waals surface area contributed by atoms with Gasteiger partial charge in [0.1, 0.15) is 0 Å². The molecule has 3 nitrogen and oxygen atoms in total. The first-order chi connectivity index (χ1) is 11.3. The van der Waals surface area contributed by atoms with Crippen LogP contribution in [0.3, 0.4) is 0 Å². The van der Waals surface area contributed by atoms with Gasteiger partial charge in [-0.15, -0.1) is 10.2 Å². The van der Waals surface area contributed by atoms with Gasteiger partial charge in [0.2, 0.25) is 11.8 Å². The quantitative estimate of drug-likeness (QED) is 0.546. The molecule has 4 rings (SSSR count). The molecule has 0 aliphatic rings. The van der Waals surface area contributed by atoms with Crippen LogP contribution < -0.4 is 0 Å². The minimum atomic E-state index is 0.573. The van der Waals surface area contributed by atoms with Crippen molar-refractivity contribution in [1.29, 1.82) is 0 Å². The maximum atomic E-state index is 5.86. The number of hydrogen-bond donors (Lipinski definition) is 0. The number of benzene rings is 3. The third kappa shape index (κ3) is 2.73. The van der Waals surface area contributed by atoms with Crippen LogP contribution in [0.5, 0.6) is 0 Å². The molecule has 1 heterocycles. The Bertz CT molecular complexity index is 967. The Morgan fingerprint density at radius 3 is 2.61 bits per heavy atom. The summed E-state index contributed by atoms with van der Waals surface area (Å²) < 4.78 is 5.86. The van der Waals surface area contributed by atoms with Gasteiger partial charge < -0.3 is 4.42 Å². The van der Waals surface area contributed by atoms with E-state index >= 15 is 0 Å². The summed E-state index contributed by atoms with van der Waals surface area (Å²) in [6.45, 7) is 2.05. The van der Waals surface area contributed by atoms with Gasteiger partial charge in [0, 0.05) is 5.56 Å². The lowest BCUT2D eigenvalue weighted by molar-refractivity contribution is 0.518. The topological polar surface area (TPSA) is 38.9 Å². The van der Waals surface area contributed by atoms with E-state index in [2.05, 4.69) is 71.7 Å². The maximum absolute atomic E-state index is 5.86. The van der Waals surface area contributed by atoms with Crippen LogP contribution in [0.2, 0.25) is 0 Å². The third-order valence-corrected chi connectivity index (χ3v) is 3.95. The average molecular weight is 300 g/mol. The van der Waals surface area contributed by atoms with Gasteiger partial charge in [0.05, 0.1) is 6.42 Å². The molecule has 0 unspecified atom stereocenters. The molecule has 3 aromatic carbocycles. The molecule has 0 aliphatic heterocycles. The Balaban J connectivity index is 1.67. The van der Waals surface area contributed by atoms with Gasteiger partial charge in [-0.25, -0.2) is 0 Å². The van der Waals surface area contributed by atoms with E-state index < -0.39 is 0 Å². The Morgan fingerprint density at radius 2 is 1.70 bits per heavy atom. The number of rotatable bonds is 3. The van der Waals surface area contributed by atoms with Crippen molar-refractivity contribution in [3.8, 4) is 11.5 Å². The number of hydrogen-bond acceptors (Lipinski definition) is 3. The molecule has 0 amide bonds.